The zero-order valence-corrected chi connectivity index (χ0v) is 11.3. The Bertz CT molecular complexity index is 704. The van der Waals surface area contributed by atoms with Crippen LogP contribution in [-0.4, -0.2) is 28.2 Å². The van der Waals surface area contributed by atoms with Gasteiger partial charge in [0, 0.05) is 6.07 Å². The number of carbonyl (C=O) groups is 1. The van der Waals surface area contributed by atoms with Crippen molar-refractivity contribution in [2.24, 2.45) is 0 Å². The van der Waals surface area contributed by atoms with E-state index in [2.05, 4.69) is 0 Å². The zero-order valence-electron chi connectivity index (χ0n) is 11.3. The van der Waals surface area contributed by atoms with Gasteiger partial charge >= 0.3 is 0 Å². The normalized spacial score (nSPS) is 10.7. The van der Waals surface area contributed by atoms with Gasteiger partial charge < -0.3 is 20.1 Å². The summed E-state index contributed by atoms with van der Waals surface area (Å²) in [5, 5.41) is 28.3. The summed E-state index contributed by atoms with van der Waals surface area (Å²) in [7, 11) is 1.43. The first-order valence-electron chi connectivity index (χ1n) is 6.12. The molecule has 0 aliphatic heterocycles. The van der Waals surface area contributed by atoms with Crippen LogP contribution in [0.15, 0.2) is 42.5 Å². The number of carbonyl (C=O) groups excluding carboxylic acids is 1. The minimum absolute atomic E-state index is 0.0113. The highest BCUT2D eigenvalue weighted by Crippen LogP contribution is 2.27. The Balaban J connectivity index is 2.22. The molecule has 0 aromatic heterocycles. The number of aromatic hydroxyl groups is 3. The average Bonchev–Trinajstić information content (AvgIpc) is 2.46. The lowest BCUT2D eigenvalue weighted by molar-refractivity contribution is 0.104. The Morgan fingerprint density at radius 3 is 2.48 bits per heavy atom. The van der Waals surface area contributed by atoms with Crippen molar-refractivity contribution in [3.63, 3.8) is 0 Å². The molecule has 2 aromatic carbocycles. The summed E-state index contributed by atoms with van der Waals surface area (Å²) in [6.07, 6.45) is 2.83. The maximum absolute atomic E-state index is 12.0. The van der Waals surface area contributed by atoms with Gasteiger partial charge in [-0.3, -0.25) is 4.79 Å². The van der Waals surface area contributed by atoms with E-state index in [1.807, 2.05) is 0 Å². The molecular weight excluding hydrogens is 272 g/mol. The lowest BCUT2D eigenvalue weighted by Gasteiger charge is -2.04. The van der Waals surface area contributed by atoms with Crippen molar-refractivity contribution >= 4 is 11.9 Å². The fourth-order valence-electron chi connectivity index (χ4n) is 1.79. The van der Waals surface area contributed by atoms with E-state index in [4.69, 9.17) is 4.74 Å². The molecule has 0 bridgehead atoms. The number of allylic oxidation sites excluding steroid dienone is 1. The van der Waals surface area contributed by atoms with Crippen molar-refractivity contribution in [3.05, 3.63) is 53.6 Å². The lowest BCUT2D eigenvalue weighted by Crippen LogP contribution is -1.94. The van der Waals surface area contributed by atoms with Gasteiger partial charge in [0.1, 0.15) is 11.5 Å². The van der Waals surface area contributed by atoms with E-state index in [1.54, 1.807) is 12.1 Å². The third-order valence-corrected chi connectivity index (χ3v) is 2.88. The van der Waals surface area contributed by atoms with E-state index in [0.717, 1.165) is 6.07 Å². The second-order valence-electron chi connectivity index (χ2n) is 4.33. The molecule has 0 heterocycles. The van der Waals surface area contributed by atoms with Crippen molar-refractivity contribution in [1.29, 1.82) is 0 Å². The molecule has 5 heteroatoms. The summed E-state index contributed by atoms with van der Waals surface area (Å²) in [5.41, 5.74) is 0.756. The van der Waals surface area contributed by atoms with Crippen molar-refractivity contribution in [2.75, 3.05) is 7.11 Å². The van der Waals surface area contributed by atoms with E-state index in [9.17, 15) is 20.1 Å². The van der Waals surface area contributed by atoms with Gasteiger partial charge in [0.15, 0.2) is 17.3 Å². The standard InChI is InChI=1S/C16H14O5/c1-21-16-8-10(3-7-14(16)19)2-6-13(18)12-5-4-11(17)9-15(12)20/h2-9,17,19-20H,1H3. The largest absolute Gasteiger partial charge is 0.508 e. The Morgan fingerprint density at radius 2 is 1.81 bits per heavy atom. The molecule has 0 unspecified atom stereocenters. The first-order chi connectivity index (χ1) is 10.0. The highest BCUT2D eigenvalue weighted by molar-refractivity contribution is 6.08. The van der Waals surface area contributed by atoms with E-state index >= 15 is 0 Å². The Morgan fingerprint density at radius 1 is 1.05 bits per heavy atom. The highest BCUT2D eigenvalue weighted by atomic mass is 16.5. The number of rotatable bonds is 4. The van der Waals surface area contributed by atoms with Gasteiger partial charge in [-0.05, 0) is 35.9 Å². The Labute approximate surface area is 121 Å². The van der Waals surface area contributed by atoms with Crippen molar-refractivity contribution in [2.45, 2.75) is 0 Å². The van der Waals surface area contributed by atoms with Gasteiger partial charge in [0.2, 0.25) is 0 Å². The topological polar surface area (TPSA) is 87.0 Å². The average molecular weight is 286 g/mol. The number of ketones is 1. The molecule has 0 atom stereocenters. The zero-order chi connectivity index (χ0) is 15.4. The smallest absolute Gasteiger partial charge is 0.189 e. The maximum atomic E-state index is 12.0. The number of ether oxygens (including phenoxy) is 1. The molecule has 0 radical (unpaired) electrons. The highest BCUT2D eigenvalue weighted by Gasteiger charge is 2.09. The first kappa shape index (κ1) is 14.5. The van der Waals surface area contributed by atoms with Crippen LogP contribution in [-0.2, 0) is 0 Å². The number of phenols is 3. The minimum Gasteiger partial charge on any atom is -0.508 e. The summed E-state index contributed by atoms with van der Waals surface area (Å²) in [6.45, 7) is 0. The quantitative estimate of drug-likeness (QED) is 0.594. The van der Waals surface area contributed by atoms with Crippen LogP contribution in [0.4, 0.5) is 0 Å². The number of hydrogen-bond donors (Lipinski definition) is 3. The molecule has 0 spiro atoms. The molecule has 0 saturated carbocycles. The monoisotopic (exact) mass is 286 g/mol. The van der Waals surface area contributed by atoms with Crippen molar-refractivity contribution in [1.82, 2.24) is 0 Å². The van der Waals surface area contributed by atoms with Crippen LogP contribution in [0.1, 0.15) is 15.9 Å². The van der Waals surface area contributed by atoms with E-state index in [1.165, 1.54) is 37.5 Å². The summed E-state index contributed by atoms with van der Waals surface area (Å²) >= 11 is 0. The van der Waals surface area contributed by atoms with Crippen LogP contribution in [0.3, 0.4) is 0 Å². The minimum atomic E-state index is -0.403. The number of benzene rings is 2. The van der Waals surface area contributed by atoms with Gasteiger partial charge in [-0.1, -0.05) is 12.1 Å². The predicted octanol–water partition coefficient (Wildman–Crippen LogP) is 2.71. The maximum Gasteiger partial charge on any atom is 0.189 e. The molecule has 0 amide bonds. The Kier molecular flexibility index (Phi) is 4.13. The summed E-state index contributed by atoms with van der Waals surface area (Å²) in [6, 6.07) is 8.43. The second-order valence-corrected chi connectivity index (χ2v) is 4.33. The van der Waals surface area contributed by atoms with Gasteiger partial charge in [-0.15, -0.1) is 0 Å². The van der Waals surface area contributed by atoms with Crippen molar-refractivity contribution in [3.8, 4) is 23.0 Å². The fraction of sp³-hybridized carbons (Fsp3) is 0.0625. The van der Waals surface area contributed by atoms with Gasteiger partial charge in [-0.25, -0.2) is 0 Å². The van der Waals surface area contributed by atoms with Crippen LogP contribution in [0, 0.1) is 0 Å². The number of phenolic OH excluding ortho intramolecular Hbond substituents is 3. The molecule has 2 rings (SSSR count). The van der Waals surface area contributed by atoms with Crippen LogP contribution in [0.5, 0.6) is 23.0 Å². The molecule has 5 nitrogen and oxygen atoms in total. The van der Waals surface area contributed by atoms with Crippen LogP contribution >= 0.6 is 0 Å². The molecule has 0 aliphatic rings. The molecule has 0 saturated heterocycles. The molecule has 3 N–H and O–H groups in total. The predicted molar refractivity (Wildman–Crippen MR) is 77.8 cm³/mol. The molecular formula is C16H14O5. The summed E-state index contributed by atoms with van der Waals surface area (Å²) in [5.74, 6) is -0.488. The molecule has 0 aliphatic carbocycles. The lowest BCUT2D eigenvalue weighted by atomic mass is 10.1. The molecule has 108 valence electrons. The molecule has 21 heavy (non-hydrogen) atoms. The summed E-state index contributed by atoms with van der Waals surface area (Å²) < 4.78 is 4.97. The van der Waals surface area contributed by atoms with Gasteiger partial charge in [0.05, 0.1) is 12.7 Å². The number of methoxy groups -OCH3 is 1. The third-order valence-electron chi connectivity index (χ3n) is 2.88. The van der Waals surface area contributed by atoms with Gasteiger partial charge in [0.25, 0.3) is 0 Å². The van der Waals surface area contributed by atoms with Crippen LogP contribution < -0.4 is 4.74 Å². The van der Waals surface area contributed by atoms with E-state index in [-0.39, 0.29) is 22.8 Å². The first-order valence-corrected chi connectivity index (χ1v) is 6.12. The van der Waals surface area contributed by atoms with E-state index < -0.39 is 5.78 Å². The second kappa shape index (κ2) is 6.00. The van der Waals surface area contributed by atoms with Crippen LogP contribution in [0.2, 0.25) is 0 Å². The SMILES string of the molecule is COc1cc(C=CC(=O)c2ccc(O)cc2O)ccc1O. The number of hydrogen-bond acceptors (Lipinski definition) is 5. The van der Waals surface area contributed by atoms with Gasteiger partial charge in [-0.2, -0.15) is 0 Å². The summed E-state index contributed by atoms with van der Waals surface area (Å²) in [4.78, 5) is 12.0. The molecule has 0 fully saturated rings. The Hall–Kier alpha value is -2.95. The molecule has 2 aromatic rings. The third kappa shape index (κ3) is 3.33. The fourth-order valence-corrected chi connectivity index (χ4v) is 1.79. The van der Waals surface area contributed by atoms with Crippen LogP contribution in [0.25, 0.3) is 6.08 Å². The van der Waals surface area contributed by atoms with E-state index in [0.29, 0.717) is 11.3 Å². The van der Waals surface area contributed by atoms with Crippen molar-refractivity contribution < 1.29 is 24.9 Å².